The van der Waals surface area contributed by atoms with E-state index in [9.17, 15) is 0 Å². The number of hydrogen-bond donors (Lipinski definition) is 1. The lowest BCUT2D eigenvalue weighted by molar-refractivity contribution is 0.726. The second-order valence-corrected chi connectivity index (χ2v) is 5.89. The predicted molar refractivity (Wildman–Crippen MR) is 77.4 cm³/mol. The fraction of sp³-hybridized carbons (Fsp3) is 0.571. The van der Waals surface area contributed by atoms with Crippen molar-refractivity contribution in [3.8, 4) is 0 Å². The van der Waals surface area contributed by atoms with Crippen molar-refractivity contribution in [2.24, 2.45) is 11.7 Å². The summed E-state index contributed by atoms with van der Waals surface area (Å²) in [6, 6.07) is 6.52. The molecule has 1 atom stereocenters. The first-order valence-corrected chi connectivity index (χ1v) is 7.21. The number of nitrogens with two attached hydrogens (primary N) is 1. The molecule has 3 heteroatoms. The van der Waals surface area contributed by atoms with Gasteiger partial charge in [0.1, 0.15) is 0 Å². The largest absolute Gasteiger partial charge is 0.371 e. The molecule has 0 bridgehead atoms. The molecule has 2 nitrogen and oxygen atoms in total. The van der Waals surface area contributed by atoms with Crippen LogP contribution in [0.2, 0.25) is 0 Å². The molecule has 0 radical (unpaired) electrons. The highest BCUT2D eigenvalue weighted by atomic mass is 79.9. The molecule has 1 saturated carbocycles. The molecule has 1 aliphatic rings. The molecule has 0 amide bonds. The lowest BCUT2D eigenvalue weighted by Crippen LogP contribution is -2.27. The number of rotatable bonds is 5. The summed E-state index contributed by atoms with van der Waals surface area (Å²) in [6.07, 6.45) is 2.78. The predicted octanol–water partition coefficient (Wildman–Crippen LogP) is 3.71. The van der Waals surface area contributed by atoms with Gasteiger partial charge in [0.25, 0.3) is 0 Å². The van der Waals surface area contributed by atoms with E-state index >= 15 is 0 Å². The molecule has 0 aromatic heterocycles. The Labute approximate surface area is 112 Å². The molecular formula is C14H21BrN2. The molecule has 1 aromatic rings. The monoisotopic (exact) mass is 296 g/mol. The third-order valence-corrected chi connectivity index (χ3v) is 3.87. The number of benzene rings is 1. The first kappa shape index (κ1) is 12.9. The topological polar surface area (TPSA) is 29.3 Å². The Kier molecular flexibility index (Phi) is 4.10. The van der Waals surface area contributed by atoms with Gasteiger partial charge in [-0.25, -0.2) is 0 Å². The van der Waals surface area contributed by atoms with Crippen molar-refractivity contribution in [1.29, 1.82) is 0 Å². The summed E-state index contributed by atoms with van der Waals surface area (Å²) in [4.78, 5) is 2.46. The van der Waals surface area contributed by atoms with E-state index in [4.69, 9.17) is 5.73 Å². The van der Waals surface area contributed by atoms with Gasteiger partial charge in [0.05, 0.1) is 0 Å². The summed E-state index contributed by atoms with van der Waals surface area (Å²) in [5.74, 6) is 0.902. The number of nitrogens with zero attached hydrogens (tertiary/aromatic N) is 1. The van der Waals surface area contributed by atoms with Crippen molar-refractivity contribution in [2.75, 3.05) is 18.0 Å². The van der Waals surface area contributed by atoms with Crippen LogP contribution in [0.5, 0.6) is 0 Å². The van der Waals surface area contributed by atoms with Crippen LogP contribution in [0, 0.1) is 5.92 Å². The molecule has 1 unspecified atom stereocenters. The van der Waals surface area contributed by atoms with E-state index in [0.29, 0.717) is 0 Å². The van der Waals surface area contributed by atoms with E-state index in [1.807, 2.05) is 0 Å². The number of halogens is 1. The third-order valence-electron chi connectivity index (χ3n) is 3.38. The maximum atomic E-state index is 6.07. The first-order chi connectivity index (χ1) is 8.11. The summed E-state index contributed by atoms with van der Waals surface area (Å²) < 4.78 is 1.11. The van der Waals surface area contributed by atoms with Gasteiger partial charge in [-0.2, -0.15) is 0 Å². The van der Waals surface area contributed by atoms with Gasteiger partial charge in [-0.15, -0.1) is 0 Å². The number of hydrogen-bond acceptors (Lipinski definition) is 2. The standard InChI is InChI=1S/C14H21BrN2/c1-3-17(9-11-4-5-11)14-7-6-12(15)8-13(14)10(2)16/h6-8,10-11H,3-5,9,16H2,1-2H3. The average molecular weight is 297 g/mol. The molecule has 0 spiro atoms. The average Bonchev–Trinajstić information content (AvgIpc) is 3.10. The smallest absolute Gasteiger partial charge is 0.0415 e. The lowest BCUT2D eigenvalue weighted by atomic mass is 10.1. The van der Waals surface area contributed by atoms with Crippen molar-refractivity contribution >= 4 is 21.6 Å². The molecule has 0 saturated heterocycles. The molecule has 0 heterocycles. The molecule has 94 valence electrons. The van der Waals surface area contributed by atoms with E-state index in [0.717, 1.165) is 16.9 Å². The van der Waals surface area contributed by atoms with Crippen LogP contribution in [0.3, 0.4) is 0 Å². The van der Waals surface area contributed by atoms with Crippen LogP contribution >= 0.6 is 15.9 Å². The Morgan fingerprint density at radius 3 is 2.71 bits per heavy atom. The molecule has 2 rings (SSSR count). The zero-order chi connectivity index (χ0) is 12.4. The molecular weight excluding hydrogens is 276 g/mol. The van der Waals surface area contributed by atoms with Crippen LogP contribution in [0.25, 0.3) is 0 Å². The van der Waals surface area contributed by atoms with Gasteiger partial charge < -0.3 is 10.6 Å². The van der Waals surface area contributed by atoms with Gasteiger partial charge in [-0.3, -0.25) is 0 Å². The van der Waals surface area contributed by atoms with Crippen LogP contribution in [0.1, 0.15) is 38.3 Å². The van der Waals surface area contributed by atoms with E-state index in [-0.39, 0.29) is 6.04 Å². The van der Waals surface area contributed by atoms with Crippen LogP contribution in [0.4, 0.5) is 5.69 Å². The summed E-state index contributed by atoms with van der Waals surface area (Å²) >= 11 is 3.52. The molecule has 2 N–H and O–H groups in total. The quantitative estimate of drug-likeness (QED) is 0.898. The molecule has 1 fully saturated rings. The van der Waals surface area contributed by atoms with Crippen LogP contribution in [-0.2, 0) is 0 Å². The molecule has 17 heavy (non-hydrogen) atoms. The Morgan fingerprint density at radius 2 is 2.18 bits per heavy atom. The maximum absolute atomic E-state index is 6.07. The van der Waals surface area contributed by atoms with Gasteiger partial charge in [-0.05, 0) is 56.4 Å². The summed E-state index contributed by atoms with van der Waals surface area (Å²) in [7, 11) is 0. The summed E-state index contributed by atoms with van der Waals surface area (Å²) in [6.45, 7) is 6.50. The van der Waals surface area contributed by atoms with Crippen LogP contribution in [0.15, 0.2) is 22.7 Å². The summed E-state index contributed by atoms with van der Waals surface area (Å²) in [5, 5.41) is 0. The highest BCUT2D eigenvalue weighted by molar-refractivity contribution is 9.10. The van der Waals surface area contributed by atoms with Gasteiger partial charge in [0, 0.05) is 29.3 Å². The number of anilines is 1. The Bertz CT molecular complexity index is 386. The van der Waals surface area contributed by atoms with Crippen molar-refractivity contribution < 1.29 is 0 Å². The Balaban J connectivity index is 2.27. The van der Waals surface area contributed by atoms with Crippen LogP contribution < -0.4 is 10.6 Å². The van der Waals surface area contributed by atoms with Crippen molar-refractivity contribution in [1.82, 2.24) is 0 Å². The fourth-order valence-corrected chi connectivity index (χ4v) is 2.57. The third kappa shape index (κ3) is 3.23. The molecule has 0 aliphatic heterocycles. The van der Waals surface area contributed by atoms with E-state index < -0.39 is 0 Å². The Hall–Kier alpha value is -0.540. The zero-order valence-electron chi connectivity index (χ0n) is 10.6. The van der Waals surface area contributed by atoms with Gasteiger partial charge >= 0.3 is 0 Å². The summed E-state index contributed by atoms with van der Waals surface area (Å²) in [5.41, 5.74) is 8.62. The van der Waals surface area contributed by atoms with Gasteiger partial charge in [0.2, 0.25) is 0 Å². The zero-order valence-corrected chi connectivity index (χ0v) is 12.2. The highest BCUT2D eigenvalue weighted by Crippen LogP contribution is 2.34. The van der Waals surface area contributed by atoms with Gasteiger partial charge in [-0.1, -0.05) is 15.9 Å². The fourth-order valence-electron chi connectivity index (χ4n) is 2.19. The van der Waals surface area contributed by atoms with Gasteiger partial charge in [0.15, 0.2) is 0 Å². The van der Waals surface area contributed by atoms with Crippen LogP contribution in [-0.4, -0.2) is 13.1 Å². The van der Waals surface area contributed by atoms with E-state index in [1.54, 1.807) is 0 Å². The maximum Gasteiger partial charge on any atom is 0.0415 e. The van der Waals surface area contributed by atoms with Crippen molar-refractivity contribution in [3.05, 3.63) is 28.2 Å². The van der Waals surface area contributed by atoms with E-state index in [2.05, 4.69) is 52.9 Å². The highest BCUT2D eigenvalue weighted by Gasteiger charge is 2.25. The molecule has 1 aliphatic carbocycles. The second-order valence-electron chi connectivity index (χ2n) is 4.97. The van der Waals surface area contributed by atoms with Crippen molar-refractivity contribution in [2.45, 2.75) is 32.7 Å². The second kappa shape index (κ2) is 5.40. The first-order valence-electron chi connectivity index (χ1n) is 6.41. The molecule has 1 aromatic carbocycles. The van der Waals surface area contributed by atoms with E-state index in [1.165, 1.54) is 30.6 Å². The van der Waals surface area contributed by atoms with Crippen molar-refractivity contribution in [3.63, 3.8) is 0 Å². The minimum absolute atomic E-state index is 0.0794. The normalized spacial score (nSPS) is 16.9. The minimum Gasteiger partial charge on any atom is -0.371 e. The Morgan fingerprint density at radius 1 is 1.47 bits per heavy atom. The minimum atomic E-state index is 0.0794. The lowest BCUT2D eigenvalue weighted by Gasteiger charge is -2.27. The SMILES string of the molecule is CCN(CC1CC1)c1ccc(Br)cc1C(C)N.